The van der Waals surface area contributed by atoms with Crippen LogP contribution in [0.25, 0.3) is 0 Å². The number of hydrogen-bond acceptors (Lipinski definition) is 6. The first-order valence-corrected chi connectivity index (χ1v) is 8.28. The van der Waals surface area contributed by atoms with Gasteiger partial charge in [-0.15, -0.1) is 0 Å². The molecule has 1 aliphatic rings. The average molecular weight is 330 g/mol. The number of hydrogen-bond donors (Lipinski definition) is 1. The molecule has 1 saturated heterocycles. The number of aryl methyl sites for hydroxylation is 1. The van der Waals surface area contributed by atoms with Crippen molar-refractivity contribution in [1.82, 2.24) is 20.2 Å². The predicted molar refractivity (Wildman–Crippen MR) is 90.0 cm³/mol. The predicted octanol–water partition coefficient (Wildman–Crippen LogP) is 3.27. The summed E-state index contributed by atoms with van der Waals surface area (Å²) in [5.41, 5.74) is 0.483. The molecule has 1 N–H and O–H groups in total. The van der Waals surface area contributed by atoms with Crippen molar-refractivity contribution < 1.29 is 4.92 Å². The van der Waals surface area contributed by atoms with Crippen LogP contribution in [0.15, 0.2) is 12.1 Å². The van der Waals surface area contributed by atoms with E-state index in [-0.39, 0.29) is 17.6 Å². The fourth-order valence-electron chi connectivity index (χ4n) is 3.08. The molecule has 1 aliphatic heterocycles. The van der Waals surface area contributed by atoms with E-state index in [0.717, 1.165) is 43.3 Å². The van der Waals surface area contributed by atoms with Crippen molar-refractivity contribution in [1.29, 1.82) is 0 Å². The van der Waals surface area contributed by atoms with Crippen molar-refractivity contribution in [2.24, 2.45) is 0 Å². The smallest absolute Gasteiger partial charge is 0.290 e. The summed E-state index contributed by atoms with van der Waals surface area (Å²) in [6, 6.07) is 3.33. The number of aromatic amines is 1. The SMILES string of the molecule is Cc1nc(N2CCCC[C@H]2c2nc(C(C)C)n[nH]2)ccc1[N+](=O)[O-]. The molecule has 8 nitrogen and oxygen atoms in total. The fourth-order valence-corrected chi connectivity index (χ4v) is 3.08. The summed E-state index contributed by atoms with van der Waals surface area (Å²) >= 11 is 0. The molecule has 2 aromatic heterocycles. The van der Waals surface area contributed by atoms with E-state index in [2.05, 4.69) is 38.9 Å². The number of pyridine rings is 1. The minimum Gasteiger partial charge on any atom is -0.346 e. The largest absolute Gasteiger partial charge is 0.346 e. The van der Waals surface area contributed by atoms with Crippen LogP contribution in [0.2, 0.25) is 0 Å². The highest BCUT2D eigenvalue weighted by atomic mass is 16.6. The third-order valence-corrected chi connectivity index (χ3v) is 4.39. The van der Waals surface area contributed by atoms with Gasteiger partial charge in [0.25, 0.3) is 5.69 Å². The van der Waals surface area contributed by atoms with Crippen LogP contribution in [0.3, 0.4) is 0 Å². The minimum absolute atomic E-state index is 0.0501. The fraction of sp³-hybridized carbons (Fsp3) is 0.562. The maximum absolute atomic E-state index is 11.0. The highest BCUT2D eigenvalue weighted by Crippen LogP contribution is 2.34. The molecule has 3 rings (SSSR count). The lowest BCUT2D eigenvalue weighted by molar-refractivity contribution is -0.385. The maximum atomic E-state index is 11.0. The Kier molecular flexibility index (Phi) is 4.46. The summed E-state index contributed by atoms with van der Waals surface area (Å²) < 4.78 is 0. The van der Waals surface area contributed by atoms with Crippen molar-refractivity contribution in [3.8, 4) is 0 Å². The number of aromatic nitrogens is 4. The Morgan fingerprint density at radius 3 is 2.75 bits per heavy atom. The van der Waals surface area contributed by atoms with E-state index in [1.165, 1.54) is 6.07 Å². The Morgan fingerprint density at radius 2 is 2.12 bits per heavy atom. The molecule has 3 heterocycles. The number of rotatable bonds is 4. The second-order valence-corrected chi connectivity index (χ2v) is 6.47. The Labute approximate surface area is 140 Å². The lowest BCUT2D eigenvalue weighted by atomic mass is 10.0. The molecule has 8 heteroatoms. The molecular formula is C16H22N6O2. The Hall–Kier alpha value is -2.51. The number of piperidine rings is 1. The zero-order valence-electron chi connectivity index (χ0n) is 14.2. The molecule has 0 amide bonds. The third-order valence-electron chi connectivity index (χ3n) is 4.39. The molecule has 1 atom stereocenters. The van der Waals surface area contributed by atoms with Gasteiger partial charge in [0.2, 0.25) is 0 Å². The summed E-state index contributed by atoms with van der Waals surface area (Å²) in [7, 11) is 0. The van der Waals surface area contributed by atoms with Crippen LogP contribution in [-0.4, -0.2) is 31.6 Å². The van der Waals surface area contributed by atoms with Crippen LogP contribution in [0.4, 0.5) is 11.5 Å². The van der Waals surface area contributed by atoms with Gasteiger partial charge in [-0.25, -0.2) is 9.97 Å². The van der Waals surface area contributed by atoms with E-state index < -0.39 is 4.92 Å². The quantitative estimate of drug-likeness (QED) is 0.682. The monoisotopic (exact) mass is 330 g/mol. The van der Waals surface area contributed by atoms with Gasteiger partial charge in [-0.05, 0) is 32.3 Å². The van der Waals surface area contributed by atoms with E-state index >= 15 is 0 Å². The van der Waals surface area contributed by atoms with Crippen molar-refractivity contribution in [3.05, 3.63) is 39.6 Å². The van der Waals surface area contributed by atoms with Crippen molar-refractivity contribution >= 4 is 11.5 Å². The van der Waals surface area contributed by atoms with Crippen LogP contribution in [0.5, 0.6) is 0 Å². The average Bonchev–Trinajstić information content (AvgIpc) is 3.04. The molecule has 0 spiro atoms. The van der Waals surface area contributed by atoms with Gasteiger partial charge in [-0.3, -0.25) is 15.2 Å². The molecule has 0 unspecified atom stereocenters. The number of nitro groups is 1. The van der Waals surface area contributed by atoms with Crippen LogP contribution < -0.4 is 4.90 Å². The van der Waals surface area contributed by atoms with Gasteiger partial charge < -0.3 is 4.90 Å². The number of nitrogens with one attached hydrogen (secondary N) is 1. The van der Waals surface area contributed by atoms with Crippen molar-refractivity contribution in [2.45, 2.75) is 52.0 Å². The Bertz CT molecular complexity index is 742. The summed E-state index contributed by atoms with van der Waals surface area (Å²) in [6.45, 7) is 6.65. The van der Waals surface area contributed by atoms with Gasteiger partial charge in [0.1, 0.15) is 17.3 Å². The van der Waals surface area contributed by atoms with Crippen LogP contribution in [0.1, 0.15) is 62.4 Å². The maximum Gasteiger partial charge on any atom is 0.290 e. The molecular weight excluding hydrogens is 308 g/mol. The first-order chi connectivity index (χ1) is 11.5. The van der Waals surface area contributed by atoms with Crippen LogP contribution in [0, 0.1) is 17.0 Å². The van der Waals surface area contributed by atoms with Crippen molar-refractivity contribution in [2.75, 3.05) is 11.4 Å². The summed E-state index contributed by atoms with van der Waals surface area (Å²) in [5, 5.41) is 18.4. The summed E-state index contributed by atoms with van der Waals surface area (Å²) in [4.78, 5) is 21.9. The lowest BCUT2D eigenvalue weighted by Crippen LogP contribution is -2.34. The number of nitrogens with zero attached hydrogens (tertiary/aromatic N) is 5. The summed E-state index contributed by atoms with van der Waals surface area (Å²) in [5.74, 6) is 2.68. The molecule has 0 aliphatic carbocycles. The molecule has 0 bridgehead atoms. The molecule has 0 saturated carbocycles. The molecule has 128 valence electrons. The zero-order chi connectivity index (χ0) is 17.3. The van der Waals surface area contributed by atoms with Gasteiger partial charge >= 0.3 is 0 Å². The highest BCUT2D eigenvalue weighted by Gasteiger charge is 2.29. The highest BCUT2D eigenvalue weighted by molar-refractivity contribution is 5.48. The van der Waals surface area contributed by atoms with E-state index in [1.807, 2.05) is 0 Å². The zero-order valence-corrected chi connectivity index (χ0v) is 14.2. The second kappa shape index (κ2) is 6.54. The molecule has 2 aromatic rings. The standard InChI is InChI=1S/C16H22N6O2/c1-10(2)15-18-16(20-19-15)13-6-4-5-9-21(13)14-8-7-12(22(23)24)11(3)17-14/h7-8,10,13H,4-6,9H2,1-3H3,(H,18,19,20)/t13-/m0/s1. The minimum atomic E-state index is -0.398. The lowest BCUT2D eigenvalue weighted by Gasteiger charge is -2.35. The Morgan fingerprint density at radius 1 is 1.33 bits per heavy atom. The van der Waals surface area contributed by atoms with E-state index in [0.29, 0.717) is 5.69 Å². The first-order valence-electron chi connectivity index (χ1n) is 8.28. The normalized spacial score (nSPS) is 18.2. The van der Waals surface area contributed by atoms with E-state index in [1.54, 1.807) is 13.0 Å². The van der Waals surface area contributed by atoms with Crippen molar-refractivity contribution in [3.63, 3.8) is 0 Å². The molecule has 0 aromatic carbocycles. The van der Waals surface area contributed by atoms with E-state index in [4.69, 9.17) is 0 Å². The van der Waals surface area contributed by atoms with Gasteiger partial charge in [-0.2, -0.15) is 5.10 Å². The molecule has 1 fully saturated rings. The van der Waals surface area contributed by atoms with E-state index in [9.17, 15) is 10.1 Å². The first kappa shape index (κ1) is 16.4. The van der Waals surface area contributed by atoms with Gasteiger partial charge in [0.15, 0.2) is 5.82 Å². The van der Waals surface area contributed by atoms with Gasteiger partial charge in [-0.1, -0.05) is 13.8 Å². The molecule has 24 heavy (non-hydrogen) atoms. The summed E-state index contributed by atoms with van der Waals surface area (Å²) in [6.07, 6.45) is 3.15. The number of H-pyrrole nitrogens is 1. The second-order valence-electron chi connectivity index (χ2n) is 6.47. The number of anilines is 1. The topological polar surface area (TPSA) is 101 Å². The van der Waals surface area contributed by atoms with Gasteiger partial charge in [0, 0.05) is 18.5 Å². The van der Waals surface area contributed by atoms with Crippen LogP contribution >= 0.6 is 0 Å². The third kappa shape index (κ3) is 3.08. The van der Waals surface area contributed by atoms with Crippen LogP contribution in [-0.2, 0) is 0 Å². The molecule has 0 radical (unpaired) electrons. The van der Waals surface area contributed by atoms with Gasteiger partial charge in [0.05, 0.1) is 11.0 Å². The Balaban J connectivity index is 1.92.